The molecule has 1 rings (SSSR count). The van der Waals surface area contributed by atoms with Crippen molar-refractivity contribution in [2.24, 2.45) is 16.5 Å². The molecular weight excluding hydrogens is 234 g/mol. The number of hydrogen-bond acceptors (Lipinski definition) is 2. The van der Waals surface area contributed by atoms with E-state index in [4.69, 9.17) is 4.84 Å². The highest BCUT2D eigenvalue weighted by Gasteiger charge is 2.30. The first-order valence-corrected chi connectivity index (χ1v) is 7.49. The van der Waals surface area contributed by atoms with Crippen LogP contribution < -0.4 is 0 Å². The van der Waals surface area contributed by atoms with Crippen LogP contribution in [0.5, 0.6) is 0 Å². The normalized spacial score (nSPS) is 23.5. The van der Waals surface area contributed by atoms with Crippen LogP contribution in [0.1, 0.15) is 60.3 Å². The Kier molecular flexibility index (Phi) is 6.33. The van der Waals surface area contributed by atoms with E-state index >= 15 is 0 Å². The molecule has 19 heavy (non-hydrogen) atoms. The zero-order valence-corrected chi connectivity index (χ0v) is 13.2. The maximum atomic E-state index is 5.28. The van der Waals surface area contributed by atoms with E-state index in [9.17, 15) is 0 Å². The molecule has 0 spiro atoms. The fourth-order valence-corrected chi connectivity index (χ4v) is 2.61. The minimum atomic E-state index is 0.346. The van der Waals surface area contributed by atoms with Gasteiger partial charge in [0.25, 0.3) is 0 Å². The molecule has 2 heteroatoms. The van der Waals surface area contributed by atoms with Gasteiger partial charge in [-0.25, -0.2) is 0 Å². The largest absolute Gasteiger partial charge is 0.396 e. The van der Waals surface area contributed by atoms with Crippen molar-refractivity contribution in [1.29, 1.82) is 0 Å². The number of allylic oxidation sites excluding steroid dienone is 4. The first kappa shape index (κ1) is 16.0. The molecule has 0 heterocycles. The molecular formula is C17H29NO. The zero-order valence-electron chi connectivity index (χ0n) is 13.2. The second kappa shape index (κ2) is 7.52. The van der Waals surface area contributed by atoms with Crippen LogP contribution in [-0.2, 0) is 4.84 Å². The minimum absolute atomic E-state index is 0.346. The Bertz CT molecular complexity index is 363. The molecule has 2 nitrogen and oxygen atoms in total. The highest BCUT2D eigenvalue weighted by molar-refractivity contribution is 5.92. The third-order valence-corrected chi connectivity index (χ3v) is 3.92. The Morgan fingerprint density at radius 1 is 1.53 bits per heavy atom. The molecule has 1 unspecified atom stereocenters. The van der Waals surface area contributed by atoms with E-state index in [-0.39, 0.29) is 0 Å². The van der Waals surface area contributed by atoms with Crippen molar-refractivity contribution in [3.8, 4) is 0 Å². The Hall–Kier alpha value is -1.05. The molecule has 1 atom stereocenters. The van der Waals surface area contributed by atoms with Crippen LogP contribution in [0, 0.1) is 11.3 Å². The van der Waals surface area contributed by atoms with Gasteiger partial charge in [-0.3, -0.25) is 0 Å². The monoisotopic (exact) mass is 263 g/mol. The molecule has 0 saturated carbocycles. The summed E-state index contributed by atoms with van der Waals surface area (Å²) in [5.41, 5.74) is 2.77. The molecule has 0 aromatic rings. The summed E-state index contributed by atoms with van der Waals surface area (Å²) in [4.78, 5) is 5.28. The van der Waals surface area contributed by atoms with Gasteiger partial charge in [0.15, 0.2) is 0 Å². The van der Waals surface area contributed by atoms with E-state index in [1.165, 1.54) is 18.4 Å². The fraction of sp³-hybridized carbons (Fsp3) is 0.706. The Morgan fingerprint density at radius 3 is 2.89 bits per heavy atom. The first-order chi connectivity index (χ1) is 8.97. The van der Waals surface area contributed by atoms with Crippen LogP contribution in [-0.4, -0.2) is 12.3 Å². The van der Waals surface area contributed by atoms with Crippen LogP contribution in [0.3, 0.4) is 0 Å². The van der Waals surface area contributed by atoms with Gasteiger partial charge in [-0.05, 0) is 44.6 Å². The smallest absolute Gasteiger partial charge is 0.117 e. The highest BCUT2D eigenvalue weighted by Crippen LogP contribution is 2.41. The summed E-state index contributed by atoms with van der Waals surface area (Å²) in [6.07, 6.45) is 11.4. The van der Waals surface area contributed by atoms with Gasteiger partial charge in [-0.1, -0.05) is 50.1 Å². The van der Waals surface area contributed by atoms with Crippen LogP contribution in [0.4, 0.5) is 0 Å². The second-order valence-corrected chi connectivity index (χ2v) is 6.23. The van der Waals surface area contributed by atoms with Crippen molar-refractivity contribution in [2.75, 3.05) is 6.61 Å². The highest BCUT2D eigenvalue weighted by atomic mass is 16.6. The van der Waals surface area contributed by atoms with E-state index in [2.05, 4.69) is 51.1 Å². The molecule has 0 aliphatic heterocycles. The third-order valence-electron chi connectivity index (χ3n) is 3.92. The molecule has 0 N–H and O–H groups in total. The summed E-state index contributed by atoms with van der Waals surface area (Å²) in [5, 5.41) is 4.13. The summed E-state index contributed by atoms with van der Waals surface area (Å²) in [7, 11) is 0. The maximum absolute atomic E-state index is 5.28. The second-order valence-electron chi connectivity index (χ2n) is 6.23. The molecule has 0 bridgehead atoms. The lowest BCUT2D eigenvalue weighted by molar-refractivity contribution is 0.141. The number of rotatable bonds is 6. The van der Waals surface area contributed by atoms with Gasteiger partial charge in [0.2, 0.25) is 0 Å². The Morgan fingerprint density at radius 2 is 2.26 bits per heavy atom. The van der Waals surface area contributed by atoms with Crippen molar-refractivity contribution in [3.05, 3.63) is 23.8 Å². The predicted octanol–water partition coefficient (Wildman–Crippen LogP) is 5.12. The number of oxime groups is 1. The van der Waals surface area contributed by atoms with E-state index in [1.54, 1.807) is 0 Å². The van der Waals surface area contributed by atoms with Crippen LogP contribution in [0.15, 0.2) is 29.0 Å². The van der Waals surface area contributed by atoms with Crippen molar-refractivity contribution >= 4 is 5.71 Å². The van der Waals surface area contributed by atoms with Gasteiger partial charge in [-0.15, -0.1) is 0 Å². The number of unbranched alkanes of at least 4 members (excludes halogenated alkanes) is 1. The van der Waals surface area contributed by atoms with E-state index in [0.29, 0.717) is 11.3 Å². The van der Waals surface area contributed by atoms with Crippen LogP contribution >= 0.6 is 0 Å². The lowest BCUT2D eigenvalue weighted by Crippen LogP contribution is -2.26. The SMILES string of the molecule is CCCCO/N=C(C)\C=C\C1C(C)=CCCC1(C)C. The van der Waals surface area contributed by atoms with Crippen molar-refractivity contribution in [2.45, 2.75) is 60.3 Å². The van der Waals surface area contributed by atoms with Gasteiger partial charge >= 0.3 is 0 Å². The van der Waals surface area contributed by atoms with Crippen LogP contribution in [0.2, 0.25) is 0 Å². The summed E-state index contributed by atoms with van der Waals surface area (Å²) >= 11 is 0. The van der Waals surface area contributed by atoms with Gasteiger partial charge in [-0.2, -0.15) is 0 Å². The van der Waals surface area contributed by atoms with E-state index < -0.39 is 0 Å². The Balaban J connectivity index is 2.59. The van der Waals surface area contributed by atoms with E-state index in [0.717, 1.165) is 25.2 Å². The van der Waals surface area contributed by atoms with Gasteiger partial charge < -0.3 is 4.84 Å². The third kappa shape index (κ3) is 5.22. The molecule has 0 fully saturated rings. The fourth-order valence-electron chi connectivity index (χ4n) is 2.61. The van der Waals surface area contributed by atoms with Crippen molar-refractivity contribution < 1.29 is 4.84 Å². The standard InChI is InChI=1S/C17H29NO/c1-6-7-13-19-18-15(3)10-11-16-14(2)9-8-12-17(16,4)5/h9-11,16H,6-8,12-13H2,1-5H3/b11-10+,18-15-. The van der Waals surface area contributed by atoms with E-state index in [1.807, 2.05) is 6.92 Å². The quantitative estimate of drug-likeness (QED) is 0.282. The molecule has 0 radical (unpaired) electrons. The average molecular weight is 263 g/mol. The summed E-state index contributed by atoms with van der Waals surface area (Å²) < 4.78 is 0. The van der Waals surface area contributed by atoms with Gasteiger partial charge in [0.05, 0.1) is 5.71 Å². The van der Waals surface area contributed by atoms with Crippen molar-refractivity contribution in [3.63, 3.8) is 0 Å². The van der Waals surface area contributed by atoms with Crippen molar-refractivity contribution in [1.82, 2.24) is 0 Å². The Labute approximate surface area is 118 Å². The van der Waals surface area contributed by atoms with Crippen LogP contribution in [0.25, 0.3) is 0 Å². The molecule has 0 amide bonds. The predicted molar refractivity (Wildman–Crippen MR) is 83.4 cm³/mol. The summed E-state index contributed by atoms with van der Waals surface area (Å²) in [6, 6.07) is 0. The maximum Gasteiger partial charge on any atom is 0.117 e. The number of nitrogens with zero attached hydrogens (tertiary/aromatic N) is 1. The first-order valence-electron chi connectivity index (χ1n) is 7.49. The molecule has 0 saturated heterocycles. The zero-order chi connectivity index (χ0) is 14.3. The molecule has 0 aromatic heterocycles. The van der Waals surface area contributed by atoms with Gasteiger partial charge in [0.1, 0.15) is 6.61 Å². The molecule has 108 valence electrons. The minimum Gasteiger partial charge on any atom is -0.396 e. The average Bonchev–Trinajstić information content (AvgIpc) is 2.33. The summed E-state index contributed by atoms with van der Waals surface area (Å²) in [5.74, 6) is 0.516. The summed E-state index contributed by atoms with van der Waals surface area (Å²) in [6.45, 7) is 11.8. The molecule has 1 aliphatic carbocycles. The number of hydrogen-bond donors (Lipinski definition) is 0. The molecule has 1 aliphatic rings. The lowest BCUT2D eigenvalue weighted by atomic mass is 9.68. The van der Waals surface area contributed by atoms with Gasteiger partial charge in [0, 0.05) is 5.92 Å². The topological polar surface area (TPSA) is 21.6 Å². The lowest BCUT2D eigenvalue weighted by Gasteiger charge is -2.36. The molecule has 0 aromatic carbocycles.